The molecule has 0 saturated heterocycles. The maximum Gasteiger partial charge on any atom is 0.192 e. The first-order valence-corrected chi connectivity index (χ1v) is 7.39. The molecule has 4 rings (SSSR count). The van der Waals surface area contributed by atoms with Gasteiger partial charge in [0, 0.05) is 13.8 Å². The van der Waals surface area contributed by atoms with E-state index in [-0.39, 0.29) is 0 Å². The fourth-order valence-corrected chi connectivity index (χ4v) is 2.78. The van der Waals surface area contributed by atoms with E-state index >= 15 is 0 Å². The summed E-state index contributed by atoms with van der Waals surface area (Å²) in [6.07, 6.45) is 1.92. The highest BCUT2D eigenvalue weighted by Gasteiger charge is 2.06. The normalized spacial score (nSPS) is 11.5. The number of rotatable bonds is 3. The first-order valence-electron chi connectivity index (χ1n) is 7.39. The Kier molecular flexibility index (Phi) is 2.96. The van der Waals surface area contributed by atoms with Crippen LogP contribution < -0.4 is 0 Å². The number of aromatic nitrogens is 2. The van der Waals surface area contributed by atoms with Gasteiger partial charge in [-0.05, 0) is 48.2 Å². The van der Waals surface area contributed by atoms with Gasteiger partial charge in [-0.1, -0.05) is 12.1 Å². The maximum absolute atomic E-state index is 5.51. The van der Waals surface area contributed by atoms with Crippen molar-refractivity contribution in [3.63, 3.8) is 0 Å². The lowest BCUT2D eigenvalue weighted by Crippen LogP contribution is -1.91. The zero-order valence-corrected chi connectivity index (χ0v) is 12.6. The lowest BCUT2D eigenvalue weighted by Gasteiger charge is -2.02. The van der Waals surface area contributed by atoms with Gasteiger partial charge in [0.15, 0.2) is 22.9 Å². The van der Waals surface area contributed by atoms with Crippen LogP contribution in [0.3, 0.4) is 0 Å². The van der Waals surface area contributed by atoms with Crippen LogP contribution in [-0.4, -0.2) is 9.97 Å². The van der Waals surface area contributed by atoms with Crippen molar-refractivity contribution in [1.82, 2.24) is 9.97 Å². The van der Waals surface area contributed by atoms with Crippen molar-refractivity contribution in [1.29, 1.82) is 0 Å². The van der Waals surface area contributed by atoms with E-state index in [1.54, 1.807) is 0 Å². The summed E-state index contributed by atoms with van der Waals surface area (Å²) in [7, 11) is 0. The number of fused-ring (bicyclic) bond motifs is 2. The summed E-state index contributed by atoms with van der Waals surface area (Å²) in [6.45, 7) is 3.74. The number of nitrogens with zero attached hydrogens (tertiary/aromatic N) is 2. The molecule has 4 heteroatoms. The Morgan fingerprint density at radius 3 is 1.64 bits per heavy atom. The summed E-state index contributed by atoms with van der Waals surface area (Å²) in [5, 5.41) is 0. The highest BCUT2D eigenvalue weighted by atomic mass is 16.3. The average Bonchev–Trinajstić information content (AvgIpc) is 3.04. The largest absolute Gasteiger partial charge is 0.441 e. The van der Waals surface area contributed by atoms with Crippen molar-refractivity contribution >= 4 is 22.2 Å². The molecule has 0 radical (unpaired) electrons. The first kappa shape index (κ1) is 13.1. The molecular formula is C18H16N2O2. The summed E-state index contributed by atoms with van der Waals surface area (Å²) in [5.41, 5.74) is 6.08. The molecule has 0 atom stereocenters. The summed E-state index contributed by atoms with van der Waals surface area (Å²) < 4.78 is 11.0. The Labute approximate surface area is 127 Å². The minimum Gasteiger partial charge on any atom is -0.441 e. The van der Waals surface area contributed by atoms with Gasteiger partial charge in [-0.15, -0.1) is 0 Å². The van der Waals surface area contributed by atoms with Gasteiger partial charge in [-0.25, -0.2) is 9.97 Å². The summed E-state index contributed by atoms with van der Waals surface area (Å²) in [5.74, 6) is 1.41. The van der Waals surface area contributed by atoms with Crippen LogP contribution in [0.2, 0.25) is 0 Å². The van der Waals surface area contributed by atoms with Crippen molar-refractivity contribution in [2.45, 2.75) is 26.7 Å². The SMILES string of the molecule is Cc1nc2cc(CCc3ccc4oc(C)nc4c3)ccc2o1. The van der Waals surface area contributed by atoms with Gasteiger partial charge in [0.05, 0.1) is 0 Å². The van der Waals surface area contributed by atoms with Crippen molar-refractivity contribution in [3.05, 3.63) is 59.3 Å². The standard InChI is InChI=1S/C18H16N2O2/c1-11-19-15-9-13(5-7-17(15)21-11)3-4-14-6-8-18-16(10-14)20-12(2)22-18/h5-10H,3-4H2,1-2H3. The van der Waals surface area contributed by atoms with Crippen LogP contribution >= 0.6 is 0 Å². The molecule has 0 amide bonds. The van der Waals surface area contributed by atoms with Gasteiger partial charge in [0.25, 0.3) is 0 Å². The third kappa shape index (κ3) is 2.37. The Bertz CT molecular complexity index is 886. The predicted molar refractivity (Wildman–Crippen MR) is 84.9 cm³/mol. The van der Waals surface area contributed by atoms with Gasteiger partial charge in [-0.3, -0.25) is 0 Å². The number of benzene rings is 2. The quantitative estimate of drug-likeness (QED) is 0.562. The van der Waals surface area contributed by atoms with Crippen LogP contribution in [0.15, 0.2) is 45.2 Å². The molecule has 2 aromatic carbocycles. The number of oxazole rings is 2. The maximum atomic E-state index is 5.51. The van der Waals surface area contributed by atoms with Crippen LogP contribution in [0.1, 0.15) is 22.9 Å². The van der Waals surface area contributed by atoms with Gasteiger partial charge in [0.1, 0.15) is 11.0 Å². The number of aryl methyl sites for hydroxylation is 4. The monoisotopic (exact) mass is 292 g/mol. The second kappa shape index (κ2) is 4.98. The minimum absolute atomic E-state index is 0.707. The van der Waals surface area contributed by atoms with Gasteiger partial charge in [-0.2, -0.15) is 0 Å². The van der Waals surface area contributed by atoms with Crippen molar-refractivity contribution in [2.24, 2.45) is 0 Å². The highest BCUT2D eigenvalue weighted by Crippen LogP contribution is 2.20. The zero-order valence-electron chi connectivity index (χ0n) is 12.6. The number of hydrogen-bond donors (Lipinski definition) is 0. The zero-order chi connectivity index (χ0) is 15.1. The third-order valence-corrected chi connectivity index (χ3v) is 3.82. The van der Waals surface area contributed by atoms with Crippen LogP contribution in [0.25, 0.3) is 22.2 Å². The molecule has 0 aliphatic rings. The molecule has 0 unspecified atom stereocenters. The molecule has 4 aromatic rings. The van der Waals surface area contributed by atoms with Crippen molar-refractivity contribution in [2.75, 3.05) is 0 Å². The molecule has 0 N–H and O–H groups in total. The molecular weight excluding hydrogens is 276 g/mol. The molecule has 0 aliphatic heterocycles. The topological polar surface area (TPSA) is 52.1 Å². The summed E-state index contributed by atoms with van der Waals surface area (Å²) in [4.78, 5) is 8.77. The Morgan fingerprint density at radius 1 is 0.727 bits per heavy atom. The molecule has 0 bridgehead atoms. The molecule has 0 spiro atoms. The Hall–Kier alpha value is -2.62. The smallest absolute Gasteiger partial charge is 0.192 e. The van der Waals surface area contributed by atoms with Crippen molar-refractivity contribution in [3.8, 4) is 0 Å². The van der Waals surface area contributed by atoms with E-state index in [1.807, 2.05) is 26.0 Å². The van der Waals surface area contributed by atoms with E-state index in [2.05, 4.69) is 34.2 Å². The van der Waals surface area contributed by atoms with E-state index in [4.69, 9.17) is 8.83 Å². The van der Waals surface area contributed by atoms with Gasteiger partial charge in [0.2, 0.25) is 0 Å². The fraction of sp³-hybridized carbons (Fsp3) is 0.222. The molecule has 2 aromatic heterocycles. The van der Waals surface area contributed by atoms with Crippen LogP contribution in [0, 0.1) is 13.8 Å². The molecule has 4 nitrogen and oxygen atoms in total. The van der Waals surface area contributed by atoms with E-state index in [0.29, 0.717) is 11.8 Å². The van der Waals surface area contributed by atoms with Crippen LogP contribution in [0.4, 0.5) is 0 Å². The minimum atomic E-state index is 0.707. The van der Waals surface area contributed by atoms with E-state index in [9.17, 15) is 0 Å². The number of hydrogen-bond acceptors (Lipinski definition) is 4. The Balaban J connectivity index is 1.56. The lowest BCUT2D eigenvalue weighted by atomic mass is 10.0. The third-order valence-electron chi connectivity index (χ3n) is 3.82. The van der Waals surface area contributed by atoms with Gasteiger partial charge >= 0.3 is 0 Å². The van der Waals surface area contributed by atoms with E-state index in [0.717, 1.165) is 35.0 Å². The molecule has 0 aliphatic carbocycles. The summed E-state index contributed by atoms with van der Waals surface area (Å²) >= 11 is 0. The lowest BCUT2D eigenvalue weighted by molar-refractivity contribution is 0.560. The second-order valence-electron chi connectivity index (χ2n) is 5.57. The molecule has 22 heavy (non-hydrogen) atoms. The van der Waals surface area contributed by atoms with Crippen molar-refractivity contribution < 1.29 is 8.83 Å². The molecule has 0 fully saturated rings. The first-order chi connectivity index (χ1) is 10.7. The fourth-order valence-electron chi connectivity index (χ4n) is 2.78. The van der Waals surface area contributed by atoms with Gasteiger partial charge < -0.3 is 8.83 Å². The summed E-state index contributed by atoms with van der Waals surface area (Å²) in [6, 6.07) is 12.4. The average molecular weight is 292 g/mol. The highest BCUT2D eigenvalue weighted by molar-refractivity contribution is 5.74. The second-order valence-corrected chi connectivity index (χ2v) is 5.57. The predicted octanol–water partition coefficient (Wildman–Crippen LogP) is 4.37. The van der Waals surface area contributed by atoms with Crippen LogP contribution in [0.5, 0.6) is 0 Å². The van der Waals surface area contributed by atoms with E-state index in [1.165, 1.54) is 11.1 Å². The van der Waals surface area contributed by atoms with E-state index < -0.39 is 0 Å². The van der Waals surface area contributed by atoms with Crippen LogP contribution in [-0.2, 0) is 12.8 Å². The Morgan fingerprint density at radius 2 is 1.18 bits per heavy atom. The molecule has 0 saturated carbocycles. The molecule has 2 heterocycles. The molecule has 110 valence electrons.